The number of hydrogen-bond donors (Lipinski definition) is 1. The molecule has 0 aliphatic heterocycles. The van der Waals surface area contributed by atoms with Crippen LogP contribution in [0.3, 0.4) is 0 Å². The zero-order valence-corrected chi connectivity index (χ0v) is 12.7. The Kier molecular flexibility index (Phi) is 5.70. The van der Waals surface area contributed by atoms with Crippen molar-refractivity contribution in [2.75, 3.05) is 18.5 Å². The number of hydrogen-bond acceptors (Lipinski definition) is 2. The van der Waals surface area contributed by atoms with Gasteiger partial charge in [0.25, 0.3) is 0 Å². The molecule has 4 heteroatoms. The van der Waals surface area contributed by atoms with E-state index in [2.05, 4.69) is 21.2 Å². The van der Waals surface area contributed by atoms with Crippen molar-refractivity contribution in [1.82, 2.24) is 0 Å². The number of halogens is 2. The lowest BCUT2D eigenvalue weighted by atomic mass is 10.2. The minimum atomic E-state index is 0.623. The third-order valence-corrected chi connectivity index (χ3v) is 3.48. The van der Waals surface area contributed by atoms with Crippen LogP contribution in [0, 0.1) is 0 Å². The molecule has 0 saturated heterocycles. The van der Waals surface area contributed by atoms with E-state index in [4.69, 9.17) is 16.3 Å². The molecule has 0 fully saturated rings. The van der Waals surface area contributed by atoms with Gasteiger partial charge in [0.05, 0.1) is 23.9 Å². The topological polar surface area (TPSA) is 21.3 Å². The van der Waals surface area contributed by atoms with Crippen molar-refractivity contribution in [3.05, 3.63) is 63.6 Å². The zero-order chi connectivity index (χ0) is 13.5. The summed E-state index contributed by atoms with van der Waals surface area (Å²) in [5.74, 6) is 0. The molecule has 0 aliphatic rings. The highest BCUT2D eigenvalue weighted by Crippen LogP contribution is 2.19. The molecule has 2 rings (SSSR count). The van der Waals surface area contributed by atoms with E-state index in [1.807, 2.05) is 48.5 Å². The summed E-state index contributed by atoms with van der Waals surface area (Å²) in [5, 5.41) is 3.98. The van der Waals surface area contributed by atoms with Gasteiger partial charge in [-0.25, -0.2) is 0 Å². The Balaban J connectivity index is 1.67. The summed E-state index contributed by atoms with van der Waals surface area (Å²) in [7, 11) is 0. The molecule has 1 N–H and O–H groups in total. The first-order chi connectivity index (χ1) is 9.25. The van der Waals surface area contributed by atoms with Crippen molar-refractivity contribution < 1.29 is 4.74 Å². The quantitative estimate of drug-likeness (QED) is 0.768. The maximum Gasteiger partial charge on any atom is 0.0717 e. The number of anilines is 1. The first kappa shape index (κ1) is 14.4. The molecule has 0 spiro atoms. The second-order valence-corrected chi connectivity index (χ2v) is 5.41. The molecule has 100 valence electrons. The average Bonchev–Trinajstić information content (AvgIpc) is 2.42. The standard InChI is InChI=1S/C15H15BrClNO/c16-13-7-5-12(6-8-13)11-19-10-9-18-15-4-2-1-3-14(15)17/h1-8,18H,9-11H2. The zero-order valence-electron chi connectivity index (χ0n) is 10.4. The van der Waals surface area contributed by atoms with Gasteiger partial charge < -0.3 is 10.1 Å². The van der Waals surface area contributed by atoms with E-state index >= 15 is 0 Å². The molecule has 0 amide bonds. The Bertz CT molecular complexity index is 516. The van der Waals surface area contributed by atoms with Gasteiger partial charge in [-0.2, -0.15) is 0 Å². The molecule has 0 bridgehead atoms. The van der Waals surface area contributed by atoms with Crippen molar-refractivity contribution in [2.24, 2.45) is 0 Å². The van der Waals surface area contributed by atoms with Gasteiger partial charge in [0.2, 0.25) is 0 Å². The van der Waals surface area contributed by atoms with Crippen molar-refractivity contribution in [3.8, 4) is 0 Å². The van der Waals surface area contributed by atoms with Crippen LogP contribution in [0.2, 0.25) is 5.02 Å². The number of nitrogens with one attached hydrogen (secondary N) is 1. The van der Waals surface area contributed by atoms with E-state index in [1.54, 1.807) is 0 Å². The molecule has 2 nitrogen and oxygen atoms in total. The van der Waals surface area contributed by atoms with Gasteiger partial charge in [0.15, 0.2) is 0 Å². The maximum atomic E-state index is 6.04. The Morgan fingerprint density at radius 1 is 1.05 bits per heavy atom. The van der Waals surface area contributed by atoms with E-state index in [-0.39, 0.29) is 0 Å². The van der Waals surface area contributed by atoms with Gasteiger partial charge in [-0.05, 0) is 29.8 Å². The lowest BCUT2D eigenvalue weighted by Crippen LogP contribution is -2.09. The summed E-state index contributed by atoms with van der Waals surface area (Å²) in [6.45, 7) is 2.00. The normalized spacial score (nSPS) is 10.4. The van der Waals surface area contributed by atoms with E-state index in [0.29, 0.717) is 13.2 Å². The fourth-order valence-electron chi connectivity index (χ4n) is 1.63. The Labute approximate surface area is 126 Å². The number of para-hydroxylation sites is 1. The van der Waals surface area contributed by atoms with Crippen LogP contribution in [-0.2, 0) is 11.3 Å². The van der Waals surface area contributed by atoms with Crippen LogP contribution in [-0.4, -0.2) is 13.2 Å². The molecule has 0 atom stereocenters. The molecule has 0 heterocycles. The first-order valence-corrected chi connectivity index (χ1v) is 7.23. The van der Waals surface area contributed by atoms with Crippen molar-refractivity contribution in [1.29, 1.82) is 0 Å². The van der Waals surface area contributed by atoms with Gasteiger partial charge in [-0.1, -0.05) is 51.8 Å². The van der Waals surface area contributed by atoms with Crippen molar-refractivity contribution in [3.63, 3.8) is 0 Å². The van der Waals surface area contributed by atoms with E-state index < -0.39 is 0 Å². The van der Waals surface area contributed by atoms with E-state index in [1.165, 1.54) is 5.56 Å². The van der Waals surface area contributed by atoms with Crippen molar-refractivity contribution >= 4 is 33.2 Å². The highest BCUT2D eigenvalue weighted by atomic mass is 79.9. The summed E-state index contributed by atoms with van der Waals surface area (Å²) in [5.41, 5.74) is 2.11. The Morgan fingerprint density at radius 2 is 1.79 bits per heavy atom. The summed E-state index contributed by atoms with van der Waals surface area (Å²) in [6.07, 6.45) is 0. The van der Waals surface area contributed by atoms with Gasteiger partial charge in [-0.15, -0.1) is 0 Å². The molecule has 19 heavy (non-hydrogen) atoms. The number of rotatable bonds is 6. The molecular weight excluding hydrogens is 326 g/mol. The molecule has 0 saturated carbocycles. The maximum absolute atomic E-state index is 6.04. The summed E-state index contributed by atoms with van der Waals surface area (Å²) in [4.78, 5) is 0. The molecular formula is C15H15BrClNO. The molecule has 0 radical (unpaired) electrons. The average molecular weight is 341 g/mol. The summed E-state index contributed by atoms with van der Waals surface area (Å²) < 4.78 is 6.68. The fraction of sp³-hybridized carbons (Fsp3) is 0.200. The summed E-state index contributed by atoms with van der Waals surface area (Å²) in [6, 6.07) is 15.8. The predicted molar refractivity (Wildman–Crippen MR) is 83.7 cm³/mol. The molecule has 0 aromatic heterocycles. The fourth-order valence-corrected chi connectivity index (χ4v) is 2.10. The Hall–Kier alpha value is -1.03. The van der Waals surface area contributed by atoms with Crippen LogP contribution in [0.5, 0.6) is 0 Å². The lowest BCUT2D eigenvalue weighted by Gasteiger charge is -2.08. The number of ether oxygens (including phenoxy) is 1. The highest BCUT2D eigenvalue weighted by molar-refractivity contribution is 9.10. The highest BCUT2D eigenvalue weighted by Gasteiger charge is 1.97. The summed E-state index contributed by atoms with van der Waals surface area (Å²) >= 11 is 9.45. The van der Waals surface area contributed by atoms with Crippen LogP contribution in [0.15, 0.2) is 53.0 Å². The third kappa shape index (κ3) is 4.86. The van der Waals surface area contributed by atoms with E-state index in [9.17, 15) is 0 Å². The number of benzene rings is 2. The Morgan fingerprint density at radius 3 is 2.53 bits per heavy atom. The van der Waals surface area contributed by atoms with Crippen LogP contribution in [0.1, 0.15) is 5.56 Å². The molecule has 0 unspecified atom stereocenters. The molecule has 2 aromatic rings. The first-order valence-electron chi connectivity index (χ1n) is 6.06. The second kappa shape index (κ2) is 7.53. The van der Waals surface area contributed by atoms with Gasteiger partial charge in [-0.3, -0.25) is 0 Å². The monoisotopic (exact) mass is 339 g/mol. The van der Waals surface area contributed by atoms with Crippen LogP contribution in [0.25, 0.3) is 0 Å². The minimum absolute atomic E-state index is 0.623. The smallest absolute Gasteiger partial charge is 0.0717 e. The lowest BCUT2D eigenvalue weighted by molar-refractivity contribution is 0.130. The predicted octanol–water partition coefficient (Wildman–Crippen LogP) is 4.73. The molecule has 0 aliphatic carbocycles. The van der Waals surface area contributed by atoms with Crippen LogP contribution < -0.4 is 5.32 Å². The third-order valence-electron chi connectivity index (χ3n) is 2.62. The van der Waals surface area contributed by atoms with Crippen LogP contribution in [0.4, 0.5) is 5.69 Å². The van der Waals surface area contributed by atoms with Crippen LogP contribution >= 0.6 is 27.5 Å². The molecule has 2 aromatic carbocycles. The largest absolute Gasteiger partial charge is 0.382 e. The van der Waals surface area contributed by atoms with E-state index in [0.717, 1.165) is 21.7 Å². The SMILES string of the molecule is Clc1ccccc1NCCOCc1ccc(Br)cc1. The van der Waals surface area contributed by atoms with Gasteiger partial charge >= 0.3 is 0 Å². The van der Waals surface area contributed by atoms with Gasteiger partial charge in [0.1, 0.15) is 0 Å². The minimum Gasteiger partial charge on any atom is -0.382 e. The second-order valence-electron chi connectivity index (χ2n) is 4.09. The van der Waals surface area contributed by atoms with Crippen molar-refractivity contribution in [2.45, 2.75) is 6.61 Å². The van der Waals surface area contributed by atoms with Gasteiger partial charge in [0, 0.05) is 11.0 Å².